The van der Waals surface area contributed by atoms with Gasteiger partial charge >= 0.3 is 5.97 Å². The fourth-order valence-corrected chi connectivity index (χ4v) is 8.39. The van der Waals surface area contributed by atoms with Crippen LogP contribution in [-0.4, -0.2) is 82.7 Å². The van der Waals surface area contributed by atoms with E-state index in [1.807, 2.05) is 52.0 Å². The molecule has 2 aromatic rings. The second-order valence-electron chi connectivity index (χ2n) is 16.0. The highest BCUT2D eigenvalue weighted by Crippen LogP contribution is 2.46. The van der Waals surface area contributed by atoms with E-state index >= 15 is 0 Å². The second kappa shape index (κ2) is 13.2. The molecule has 3 aliphatic rings. The van der Waals surface area contributed by atoms with Crippen molar-refractivity contribution in [2.45, 2.75) is 109 Å². The van der Waals surface area contributed by atoms with Gasteiger partial charge in [-0.1, -0.05) is 44.5 Å². The van der Waals surface area contributed by atoms with Crippen LogP contribution in [0, 0.1) is 24.2 Å². The van der Waals surface area contributed by atoms with Gasteiger partial charge in [-0.3, -0.25) is 19.2 Å². The molecule has 0 bridgehead atoms. The van der Waals surface area contributed by atoms with Crippen LogP contribution < -0.4 is 10.1 Å². The summed E-state index contributed by atoms with van der Waals surface area (Å²) in [6.07, 6.45) is 3.74. The first-order valence-electron chi connectivity index (χ1n) is 17.0. The number of aryl methyl sites for hydroxylation is 1. The first kappa shape index (κ1) is 36.5. The Morgan fingerprint density at radius 1 is 1.12 bits per heavy atom. The molecule has 3 fully saturated rings. The zero-order chi connectivity index (χ0) is 36.1. The molecule has 2 amide bonds. The Bertz CT molecular complexity index is 1770. The van der Waals surface area contributed by atoms with Crippen LogP contribution in [0.5, 0.6) is 5.88 Å². The standard InChI is InChI=1S/C37H49N3O8S/c1-9-24-19-37(24,30(41)21-49(45,46)26-11-12-26)39-32(43)29-17-25(47-33-27-13-10-22(2)16-23(27)14-15-38-33)20-40(29)34(44)28(35(3,4)5)18-31(42)48-36(6,7)8/h9-10,13-16,24-26,28-29H,1,11-12,17-21H2,2-8H3,(H,39,43)/t24-,25-,28-,29+,37-/m1/s1. The Morgan fingerprint density at radius 2 is 1.82 bits per heavy atom. The van der Waals surface area contributed by atoms with Crippen molar-refractivity contribution in [2.75, 3.05) is 12.3 Å². The van der Waals surface area contributed by atoms with Crippen molar-refractivity contribution in [2.24, 2.45) is 17.3 Å². The SMILES string of the molecule is C=C[C@@H]1C[C@]1(NC(=O)[C@@H]1C[C@@H](Oc2nccc3cc(C)ccc23)CN1C(=O)[C@@H](CC(=O)OC(C)(C)C)C(C)(C)C)C(=O)CS(=O)(=O)C1CC1. The molecule has 266 valence electrons. The topological polar surface area (TPSA) is 149 Å². The summed E-state index contributed by atoms with van der Waals surface area (Å²) < 4.78 is 37.5. The van der Waals surface area contributed by atoms with Crippen LogP contribution in [0.2, 0.25) is 0 Å². The highest BCUT2D eigenvalue weighted by atomic mass is 32.2. The summed E-state index contributed by atoms with van der Waals surface area (Å²) in [4.78, 5) is 61.1. The van der Waals surface area contributed by atoms with E-state index in [0.29, 0.717) is 18.7 Å². The predicted molar refractivity (Wildman–Crippen MR) is 185 cm³/mol. The van der Waals surface area contributed by atoms with Gasteiger partial charge in [0, 0.05) is 23.9 Å². The quantitative estimate of drug-likeness (QED) is 0.250. The molecule has 0 radical (unpaired) electrons. The number of hydrogen-bond acceptors (Lipinski definition) is 9. The molecule has 5 atom stereocenters. The lowest BCUT2D eigenvalue weighted by atomic mass is 9.77. The van der Waals surface area contributed by atoms with E-state index in [9.17, 15) is 27.6 Å². The molecule has 12 heteroatoms. The highest BCUT2D eigenvalue weighted by molar-refractivity contribution is 7.93. The molecule has 1 aliphatic heterocycles. The number of carbonyl (C=O) groups excluding carboxylic acids is 4. The van der Waals surface area contributed by atoms with E-state index in [-0.39, 0.29) is 25.8 Å². The lowest BCUT2D eigenvalue weighted by molar-refractivity contribution is -0.161. The lowest BCUT2D eigenvalue weighted by Gasteiger charge is -2.35. The van der Waals surface area contributed by atoms with E-state index < -0.39 is 84.9 Å². The van der Waals surface area contributed by atoms with Gasteiger partial charge in [-0.2, -0.15) is 0 Å². The number of esters is 1. The number of pyridine rings is 1. The summed E-state index contributed by atoms with van der Waals surface area (Å²) in [6, 6.07) is 6.70. The number of amides is 2. The smallest absolute Gasteiger partial charge is 0.307 e. The number of Topliss-reactive ketones (excluding diaryl/α,β-unsaturated/α-hetero) is 1. The molecule has 1 aromatic carbocycles. The zero-order valence-electron chi connectivity index (χ0n) is 29.6. The van der Waals surface area contributed by atoms with Crippen LogP contribution >= 0.6 is 0 Å². The first-order valence-corrected chi connectivity index (χ1v) is 18.7. The Morgan fingerprint density at radius 3 is 2.41 bits per heavy atom. The van der Waals surface area contributed by atoms with Gasteiger partial charge in [0.15, 0.2) is 15.6 Å². The summed E-state index contributed by atoms with van der Waals surface area (Å²) in [7, 11) is -3.63. The van der Waals surface area contributed by atoms with Crippen LogP contribution in [0.4, 0.5) is 0 Å². The van der Waals surface area contributed by atoms with Gasteiger partial charge in [0.2, 0.25) is 17.7 Å². The van der Waals surface area contributed by atoms with Gasteiger partial charge in [-0.15, -0.1) is 6.58 Å². The number of rotatable bonds is 12. The number of ketones is 1. The Kier molecular flexibility index (Phi) is 9.79. The van der Waals surface area contributed by atoms with Gasteiger partial charge in [0.25, 0.3) is 0 Å². The Hall–Kier alpha value is -3.80. The minimum absolute atomic E-state index is 0.0314. The maximum atomic E-state index is 14.5. The average Bonchev–Trinajstić information content (AvgIpc) is 3.91. The molecule has 1 saturated heterocycles. The largest absolute Gasteiger partial charge is 0.472 e. The number of likely N-dealkylation sites (tertiary alicyclic amines) is 1. The molecule has 11 nitrogen and oxygen atoms in total. The van der Waals surface area contributed by atoms with Crippen LogP contribution in [0.15, 0.2) is 43.1 Å². The number of benzene rings is 1. The number of nitrogens with one attached hydrogen (secondary N) is 1. The monoisotopic (exact) mass is 695 g/mol. The molecule has 0 unspecified atom stereocenters. The van der Waals surface area contributed by atoms with Crippen molar-refractivity contribution in [3.8, 4) is 5.88 Å². The fraction of sp³-hybridized carbons (Fsp3) is 0.595. The number of sulfone groups is 1. The number of nitrogens with zero attached hydrogens (tertiary/aromatic N) is 2. The third-order valence-corrected chi connectivity index (χ3v) is 11.8. The van der Waals surface area contributed by atoms with Gasteiger partial charge in [-0.25, -0.2) is 13.4 Å². The summed E-state index contributed by atoms with van der Waals surface area (Å²) in [5.41, 5.74) is -1.77. The van der Waals surface area contributed by atoms with E-state index in [1.54, 1.807) is 33.0 Å². The van der Waals surface area contributed by atoms with Gasteiger partial charge < -0.3 is 19.7 Å². The molecule has 0 spiro atoms. The van der Waals surface area contributed by atoms with Crippen molar-refractivity contribution in [3.63, 3.8) is 0 Å². The van der Waals surface area contributed by atoms with Crippen LogP contribution in [-0.2, 0) is 33.8 Å². The van der Waals surface area contributed by atoms with Crippen molar-refractivity contribution < 1.29 is 37.1 Å². The Balaban J connectivity index is 1.44. The first-order chi connectivity index (χ1) is 22.7. The minimum Gasteiger partial charge on any atom is -0.472 e. The van der Waals surface area contributed by atoms with Gasteiger partial charge in [0.1, 0.15) is 29.0 Å². The molecular weight excluding hydrogens is 646 g/mol. The third kappa shape index (κ3) is 8.16. The number of aromatic nitrogens is 1. The molecule has 2 heterocycles. The molecule has 49 heavy (non-hydrogen) atoms. The summed E-state index contributed by atoms with van der Waals surface area (Å²) >= 11 is 0. The van der Waals surface area contributed by atoms with Crippen molar-refractivity contribution in [3.05, 3.63) is 48.7 Å². The van der Waals surface area contributed by atoms with Crippen molar-refractivity contribution >= 4 is 44.2 Å². The molecule has 2 aliphatic carbocycles. The summed E-state index contributed by atoms with van der Waals surface area (Å²) in [5.74, 6) is -3.68. The maximum Gasteiger partial charge on any atom is 0.307 e. The number of fused-ring (bicyclic) bond motifs is 1. The third-order valence-electron chi connectivity index (χ3n) is 9.65. The average molecular weight is 696 g/mol. The second-order valence-corrected chi connectivity index (χ2v) is 18.2. The normalized spacial score (nSPS) is 24.6. The molecule has 1 aromatic heterocycles. The highest BCUT2D eigenvalue weighted by Gasteiger charge is 2.61. The van der Waals surface area contributed by atoms with Crippen LogP contribution in [0.25, 0.3) is 10.8 Å². The van der Waals surface area contributed by atoms with E-state index in [2.05, 4.69) is 16.9 Å². The van der Waals surface area contributed by atoms with E-state index in [1.165, 1.54) is 4.90 Å². The molecule has 1 N–H and O–H groups in total. The van der Waals surface area contributed by atoms with Crippen LogP contribution in [0.3, 0.4) is 0 Å². The summed E-state index contributed by atoms with van der Waals surface area (Å²) in [5, 5.41) is 4.06. The predicted octanol–water partition coefficient (Wildman–Crippen LogP) is 4.49. The van der Waals surface area contributed by atoms with Crippen molar-refractivity contribution in [1.82, 2.24) is 15.2 Å². The van der Waals surface area contributed by atoms with Crippen LogP contribution in [0.1, 0.15) is 79.2 Å². The molecule has 5 rings (SSSR count). The maximum absolute atomic E-state index is 14.5. The number of hydrogen-bond donors (Lipinski definition) is 1. The van der Waals surface area contributed by atoms with Gasteiger partial charge in [0.05, 0.1) is 24.1 Å². The number of carbonyl (C=O) groups is 4. The van der Waals surface area contributed by atoms with Gasteiger partial charge in [-0.05, 0) is 69.9 Å². The summed E-state index contributed by atoms with van der Waals surface area (Å²) in [6.45, 7) is 16.6. The lowest BCUT2D eigenvalue weighted by Crippen LogP contribution is -2.55. The van der Waals surface area contributed by atoms with Crippen molar-refractivity contribution in [1.29, 1.82) is 0 Å². The van der Waals surface area contributed by atoms with E-state index in [0.717, 1.165) is 16.3 Å². The number of ether oxygens (including phenoxy) is 2. The fourth-order valence-electron chi connectivity index (χ4n) is 6.68. The van der Waals surface area contributed by atoms with E-state index in [4.69, 9.17) is 9.47 Å². The minimum atomic E-state index is -3.63. The Labute approximate surface area is 289 Å². The molecule has 2 saturated carbocycles. The molecular formula is C37H49N3O8S. The zero-order valence-corrected chi connectivity index (χ0v) is 30.4.